The van der Waals surface area contributed by atoms with E-state index >= 15 is 0 Å². The minimum Gasteiger partial charge on any atom is -0.316 e. The van der Waals surface area contributed by atoms with E-state index < -0.39 is 0 Å². The number of para-hydroxylation sites is 2. The molecule has 0 bridgehead atoms. The summed E-state index contributed by atoms with van der Waals surface area (Å²) in [5.74, 6) is -0.108. The number of rotatable bonds is 5. The number of halogens is 1. The van der Waals surface area contributed by atoms with Crippen molar-refractivity contribution in [1.29, 1.82) is 0 Å². The van der Waals surface area contributed by atoms with Crippen LogP contribution in [0.4, 0.5) is 16.2 Å². The maximum Gasteiger partial charge on any atom is 0.322 e. The highest BCUT2D eigenvalue weighted by Crippen LogP contribution is 2.42. The molecule has 1 unspecified atom stereocenters. The summed E-state index contributed by atoms with van der Waals surface area (Å²) in [6.07, 6.45) is 3.85. The van der Waals surface area contributed by atoms with Crippen LogP contribution in [0.1, 0.15) is 35.7 Å². The summed E-state index contributed by atoms with van der Waals surface area (Å²) in [5.41, 5.74) is 5.71. The predicted octanol–water partition coefficient (Wildman–Crippen LogP) is 6.68. The highest BCUT2D eigenvalue weighted by Gasteiger charge is 2.40. The number of aryl methyl sites for hydroxylation is 1. The molecule has 2 heterocycles. The number of benzene rings is 3. The van der Waals surface area contributed by atoms with Gasteiger partial charge in [0.25, 0.3) is 0 Å². The molecule has 1 atom stereocenters. The van der Waals surface area contributed by atoms with Crippen LogP contribution in [0.2, 0.25) is 0 Å². The molecule has 0 radical (unpaired) electrons. The first kappa shape index (κ1) is 23.6. The lowest BCUT2D eigenvalue weighted by Gasteiger charge is -2.39. The number of carbonyl (C=O) groups excluding carboxylic acids is 2. The fourth-order valence-corrected chi connectivity index (χ4v) is 5.29. The average Bonchev–Trinajstić information content (AvgIpc) is 3.63. The van der Waals surface area contributed by atoms with Gasteiger partial charge in [0.1, 0.15) is 12.6 Å². The van der Waals surface area contributed by atoms with Crippen molar-refractivity contribution in [3.8, 4) is 5.69 Å². The van der Waals surface area contributed by atoms with Gasteiger partial charge in [-0.2, -0.15) is 0 Å². The number of aromatic nitrogens is 1. The molecule has 37 heavy (non-hydrogen) atoms. The first-order valence-electron chi connectivity index (χ1n) is 12.5. The Morgan fingerprint density at radius 1 is 0.919 bits per heavy atom. The summed E-state index contributed by atoms with van der Waals surface area (Å²) < 4.78 is 3.10. The van der Waals surface area contributed by atoms with Gasteiger partial charge in [0.05, 0.1) is 17.1 Å². The lowest BCUT2D eigenvalue weighted by molar-refractivity contribution is -0.119. The second-order valence-corrected chi connectivity index (χ2v) is 10.6. The quantitative estimate of drug-likeness (QED) is 0.299. The van der Waals surface area contributed by atoms with E-state index in [1.165, 1.54) is 0 Å². The SMILES string of the molecule is Cc1ccc(C2c3cccn3-c3ccccc3N2C(=O)CN(C(=O)Nc2ccc(Br)cc2)C2CC2)cc1. The Morgan fingerprint density at radius 2 is 1.62 bits per heavy atom. The van der Waals surface area contributed by atoms with Gasteiger partial charge < -0.3 is 14.8 Å². The zero-order valence-corrected chi connectivity index (χ0v) is 22.1. The van der Waals surface area contributed by atoms with Crippen LogP contribution in [-0.4, -0.2) is 34.0 Å². The maximum atomic E-state index is 14.2. The molecule has 3 amide bonds. The van der Waals surface area contributed by atoms with Gasteiger partial charge in [-0.05, 0) is 73.9 Å². The molecule has 1 aromatic heterocycles. The van der Waals surface area contributed by atoms with Gasteiger partial charge in [0.2, 0.25) is 5.91 Å². The highest BCUT2D eigenvalue weighted by molar-refractivity contribution is 9.10. The van der Waals surface area contributed by atoms with Crippen molar-refractivity contribution in [3.05, 3.63) is 112 Å². The molecule has 0 saturated heterocycles. The van der Waals surface area contributed by atoms with E-state index in [0.717, 1.165) is 45.5 Å². The van der Waals surface area contributed by atoms with E-state index in [4.69, 9.17) is 0 Å². The van der Waals surface area contributed by atoms with Crippen LogP contribution >= 0.6 is 15.9 Å². The number of hydrogen-bond donors (Lipinski definition) is 1. The number of fused-ring (bicyclic) bond motifs is 3. The highest BCUT2D eigenvalue weighted by atomic mass is 79.9. The normalized spacial score (nSPS) is 16.1. The van der Waals surface area contributed by atoms with E-state index in [0.29, 0.717) is 5.69 Å². The van der Waals surface area contributed by atoms with Crippen LogP contribution < -0.4 is 10.2 Å². The van der Waals surface area contributed by atoms with Gasteiger partial charge in [-0.25, -0.2) is 4.79 Å². The molecule has 1 N–H and O–H groups in total. The fourth-order valence-electron chi connectivity index (χ4n) is 5.03. The van der Waals surface area contributed by atoms with E-state index in [1.54, 1.807) is 4.90 Å². The van der Waals surface area contributed by atoms with Gasteiger partial charge >= 0.3 is 6.03 Å². The summed E-state index contributed by atoms with van der Waals surface area (Å²) in [6.45, 7) is 2.06. The van der Waals surface area contributed by atoms with Crippen LogP contribution in [-0.2, 0) is 4.79 Å². The molecule has 4 aromatic rings. The number of nitrogens with one attached hydrogen (secondary N) is 1. The van der Waals surface area contributed by atoms with Crippen molar-refractivity contribution < 1.29 is 9.59 Å². The van der Waals surface area contributed by atoms with Crippen LogP contribution in [0, 0.1) is 6.92 Å². The molecular weight excluding hydrogens is 528 g/mol. The number of amides is 3. The number of nitrogens with zero attached hydrogens (tertiary/aromatic N) is 3. The molecule has 1 aliphatic carbocycles. The van der Waals surface area contributed by atoms with E-state index in [2.05, 4.69) is 63.1 Å². The van der Waals surface area contributed by atoms with E-state index in [-0.39, 0.29) is 30.6 Å². The second-order valence-electron chi connectivity index (χ2n) is 9.66. The zero-order valence-electron chi connectivity index (χ0n) is 20.5. The second kappa shape index (κ2) is 9.56. The van der Waals surface area contributed by atoms with Crippen molar-refractivity contribution in [2.75, 3.05) is 16.8 Å². The van der Waals surface area contributed by atoms with Crippen LogP contribution in [0.25, 0.3) is 5.69 Å². The van der Waals surface area contributed by atoms with Gasteiger partial charge in [-0.3, -0.25) is 9.69 Å². The molecule has 2 aliphatic rings. The predicted molar refractivity (Wildman–Crippen MR) is 149 cm³/mol. The smallest absolute Gasteiger partial charge is 0.316 e. The number of hydrogen-bond acceptors (Lipinski definition) is 2. The fraction of sp³-hybridized carbons (Fsp3) is 0.200. The largest absolute Gasteiger partial charge is 0.322 e. The summed E-state index contributed by atoms with van der Waals surface area (Å²) >= 11 is 3.43. The lowest BCUT2D eigenvalue weighted by Crippen LogP contribution is -2.48. The van der Waals surface area contributed by atoms with Crippen LogP contribution in [0.3, 0.4) is 0 Å². The zero-order chi connectivity index (χ0) is 25.5. The van der Waals surface area contributed by atoms with E-state index in [1.807, 2.05) is 65.7 Å². The number of anilines is 2. The van der Waals surface area contributed by atoms with Crippen LogP contribution in [0.15, 0.2) is 95.6 Å². The number of urea groups is 1. The minimum absolute atomic E-state index is 0.00440. The summed E-state index contributed by atoms with van der Waals surface area (Å²) in [7, 11) is 0. The molecule has 0 spiro atoms. The number of carbonyl (C=O) groups is 2. The molecule has 6 nitrogen and oxygen atoms in total. The average molecular weight is 555 g/mol. The third kappa shape index (κ3) is 4.55. The van der Waals surface area contributed by atoms with E-state index in [9.17, 15) is 9.59 Å². The Hall–Kier alpha value is -3.84. The van der Waals surface area contributed by atoms with Crippen molar-refractivity contribution in [2.24, 2.45) is 0 Å². The van der Waals surface area contributed by atoms with Crippen molar-refractivity contribution in [3.63, 3.8) is 0 Å². The Bertz CT molecular complexity index is 1460. The Balaban J connectivity index is 1.35. The molecule has 3 aromatic carbocycles. The Labute approximate surface area is 224 Å². The van der Waals surface area contributed by atoms with Gasteiger partial charge in [0, 0.05) is 22.4 Å². The minimum atomic E-state index is -0.298. The molecule has 186 valence electrons. The summed E-state index contributed by atoms with van der Waals surface area (Å²) in [5, 5.41) is 2.97. The first-order chi connectivity index (χ1) is 18.0. The van der Waals surface area contributed by atoms with Crippen LogP contribution in [0.5, 0.6) is 0 Å². The molecule has 1 aliphatic heterocycles. The maximum absolute atomic E-state index is 14.2. The lowest BCUT2D eigenvalue weighted by atomic mass is 9.97. The first-order valence-corrected chi connectivity index (χ1v) is 13.3. The van der Waals surface area contributed by atoms with Gasteiger partial charge in [-0.15, -0.1) is 0 Å². The van der Waals surface area contributed by atoms with Gasteiger partial charge in [0.15, 0.2) is 0 Å². The molecule has 6 rings (SSSR count). The molecule has 1 fully saturated rings. The molecule has 7 heteroatoms. The Morgan fingerprint density at radius 3 is 2.32 bits per heavy atom. The van der Waals surface area contributed by atoms with Crippen molar-refractivity contribution in [2.45, 2.75) is 31.8 Å². The van der Waals surface area contributed by atoms with Crippen molar-refractivity contribution in [1.82, 2.24) is 9.47 Å². The summed E-state index contributed by atoms with van der Waals surface area (Å²) in [6, 6.07) is 27.4. The monoisotopic (exact) mass is 554 g/mol. The third-order valence-corrected chi connectivity index (χ3v) is 7.56. The topological polar surface area (TPSA) is 57.6 Å². The van der Waals surface area contributed by atoms with Gasteiger partial charge in [-0.1, -0.05) is 57.9 Å². The van der Waals surface area contributed by atoms with Crippen molar-refractivity contribution >= 4 is 39.2 Å². The Kier molecular flexibility index (Phi) is 6.08. The standard InChI is InChI=1S/C30H27BrN4O2/c1-20-8-10-21(11-9-20)29-27-7-4-18-33(27)25-5-2-3-6-26(25)35(29)28(36)19-34(24-16-17-24)30(37)32-23-14-12-22(31)13-15-23/h2-15,18,24,29H,16-17,19H2,1H3,(H,32,37). The molecule has 1 saturated carbocycles. The third-order valence-electron chi connectivity index (χ3n) is 7.03. The summed E-state index contributed by atoms with van der Waals surface area (Å²) in [4.78, 5) is 31.1. The molecular formula is C30H27BrN4O2.